The lowest BCUT2D eigenvalue weighted by Crippen LogP contribution is -2.42. The van der Waals surface area contributed by atoms with E-state index in [1.807, 2.05) is 37.3 Å². The monoisotopic (exact) mass is 479 g/mol. The predicted octanol–water partition coefficient (Wildman–Crippen LogP) is 5.94. The van der Waals surface area contributed by atoms with Gasteiger partial charge in [0.15, 0.2) is 0 Å². The Hall–Kier alpha value is -3.65. The Labute approximate surface area is 200 Å². The van der Waals surface area contributed by atoms with Gasteiger partial charge in [-0.05, 0) is 60.0 Å². The molecule has 1 amide bonds. The lowest BCUT2D eigenvalue weighted by Gasteiger charge is -2.31. The molecule has 2 aromatic carbocycles. The van der Waals surface area contributed by atoms with E-state index in [1.165, 1.54) is 17.2 Å². The highest BCUT2D eigenvalue weighted by Crippen LogP contribution is 2.37. The summed E-state index contributed by atoms with van der Waals surface area (Å²) in [5.74, 6) is -2.89. The van der Waals surface area contributed by atoms with Crippen molar-refractivity contribution >= 4 is 16.9 Å². The maximum absolute atomic E-state index is 13.6. The van der Waals surface area contributed by atoms with Crippen molar-refractivity contribution in [3.8, 4) is 22.3 Å². The molecule has 5 nitrogen and oxygen atoms in total. The number of aromatic nitrogens is 1. The Morgan fingerprint density at radius 3 is 2.43 bits per heavy atom. The number of alkyl halides is 2. The highest BCUT2D eigenvalue weighted by molar-refractivity contribution is 5.98. The minimum Gasteiger partial charge on any atom is -0.459 e. The van der Waals surface area contributed by atoms with Gasteiger partial charge in [-0.1, -0.05) is 12.1 Å². The number of pyridine rings is 1. The van der Waals surface area contributed by atoms with Gasteiger partial charge in [-0.25, -0.2) is 13.8 Å². The maximum Gasteiger partial charge on any atom is 0.253 e. The fourth-order valence-electron chi connectivity index (χ4n) is 4.50. The van der Waals surface area contributed by atoms with Gasteiger partial charge in [0.05, 0.1) is 6.54 Å². The van der Waals surface area contributed by atoms with Gasteiger partial charge in [0.1, 0.15) is 11.3 Å². The molecule has 1 fully saturated rings. The number of amides is 1. The van der Waals surface area contributed by atoms with Crippen LogP contribution in [0.25, 0.3) is 33.2 Å². The molecule has 0 atom stereocenters. The Kier molecular flexibility index (Phi) is 5.84. The number of piperidine rings is 1. The zero-order valence-corrected chi connectivity index (χ0v) is 19.2. The number of benzene rings is 2. The van der Waals surface area contributed by atoms with E-state index in [-0.39, 0.29) is 38.4 Å². The van der Waals surface area contributed by atoms with Crippen LogP contribution in [0.1, 0.15) is 34.5 Å². The Morgan fingerprint density at radius 1 is 1.06 bits per heavy atom. The number of likely N-dealkylation sites (tertiary alicyclic amines) is 1. The molecule has 4 aromatic rings. The number of furan rings is 1. The third kappa shape index (κ3) is 4.53. The molecule has 0 saturated carbocycles. The number of rotatable bonds is 4. The van der Waals surface area contributed by atoms with Gasteiger partial charge >= 0.3 is 0 Å². The van der Waals surface area contributed by atoms with Crippen molar-refractivity contribution < 1.29 is 22.4 Å². The highest BCUT2D eigenvalue weighted by atomic mass is 19.3. The van der Waals surface area contributed by atoms with E-state index in [4.69, 9.17) is 10.2 Å². The molecule has 3 heterocycles. The first-order valence-corrected chi connectivity index (χ1v) is 11.4. The Bertz CT molecular complexity index is 1400. The van der Waals surface area contributed by atoms with Crippen molar-refractivity contribution in [3.05, 3.63) is 77.6 Å². The van der Waals surface area contributed by atoms with Crippen molar-refractivity contribution in [3.63, 3.8) is 0 Å². The second-order valence-corrected chi connectivity index (χ2v) is 8.91. The maximum atomic E-state index is 13.6. The number of carbonyl (C=O) groups is 1. The lowest BCUT2D eigenvalue weighted by atomic mass is 9.95. The van der Waals surface area contributed by atoms with Gasteiger partial charge in [-0.2, -0.15) is 4.39 Å². The van der Waals surface area contributed by atoms with Gasteiger partial charge in [-0.15, -0.1) is 0 Å². The van der Waals surface area contributed by atoms with Crippen molar-refractivity contribution in [1.29, 1.82) is 0 Å². The average molecular weight is 480 g/mol. The van der Waals surface area contributed by atoms with Crippen LogP contribution in [0, 0.1) is 12.9 Å². The Balaban J connectivity index is 1.50. The second kappa shape index (κ2) is 8.85. The van der Waals surface area contributed by atoms with Crippen LogP contribution in [0.4, 0.5) is 13.2 Å². The first-order chi connectivity index (χ1) is 16.7. The zero-order chi connectivity index (χ0) is 24.7. The number of hydrogen-bond acceptors (Lipinski definition) is 4. The van der Waals surface area contributed by atoms with E-state index in [1.54, 1.807) is 12.1 Å². The second-order valence-electron chi connectivity index (χ2n) is 8.91. The minimum absolute atomic E-state index is 0.0443. The summed E-state index contributed by atoms with van der Waals surface area (Å²) in [4.78, 5) is 18.1. The first kappa shape index (κ1) is 23.1. The lowest BCUT2D eigenvalue weighted by molar-refractivity contribution is -0.0494. The van der Waals surface area contributed by atoms with Gasteiger partial charge in [0.25, 0.3) is 11.8 Å². The molecule has 0 spiro atoms. The van der Waals surface area contributed by atoms with Gasteiger partial charge < -0.3 is 15.1 Å². The molecule has 1 aliphatic heterocycles. The molecular weight excluding hydrogens is 455 g/mol. The number of halogens is 3. The summed E-state index contributed by atoms with van der Waals surface area (Å²) in [5.41, 5.74) is 10.8. The van der Waals surface area contributed by atoms with Crippen LogP contribution in [-0.2, 0) is 6.54 Å². The molecule has 0 radical (unpaired) electrons. The van der Waals surface area contributed by atoms with Gasteiger partial charge in [0.2, 0.25) is 5.95 Å². The molecule has 1 aliphatic rings. The van der Waals surface area contributed by atoms with Crippen molar-refractivity contribution in [1.82, 2.24) is 9.88 Å². The fourth-order valence-corrected chi connectivity index (χ4v) is 4.50. The molecule has 5 rings (SSSR count). The van der Waals surface area contributed by atoms with Crippen LogP contribution in [-0.4, -0.2) is 34.8 Å². The summed E-state index contributed by atoms with van der Waals surface area (Å²) in [5, 5.41) is 0.844. The average Bonchev–Trinajstić information content (AvgIpc) is 3.27. The van der Waals surface area contributed by atoms with E-state index >= 15 is 0 Å². The molecule has 1 saturated heterocycles. The number of hydrogen-bond donors (Lipinski definition) is 1. The van der Waals surface area contributed by atoms with Crippen LogP contribution in [0.2, 0.25) is 0 Å². The summed E-state index contributed by atoms with van der Waals surface area (Å²) in [7, 11) is 0. The van der Waals surface area contributed by atoms with E-state index < -0.39 is 11.9 Å². The fraction of sp³-hybridized carbons (Fsp3) is 0.259. The smallest absolute Gasteiger partial charge is 0.253 e. The van der Waals surface area contributed by atoms with Crippen LogP contribution in [0.15, 0.2) is 59.1 Å². The molecule has 2 aromatic heterocycles. The Morgan fingerprint density at radius 2 is 1.77 bits per heavy atom. The molecule has 180 valence electrons. The number of nitrogens with zero attached hydrogens (tertiary/aromatic N) is 2. The van der Waals surface area contributed by atoms with Gasteiger partial charge in [0, 0.05) is 54.2 Å². The largest absolute Gasteiger partial charge is 0.459 e. The van der Waals surface area contributed by atoms with E-state index in [2.05, 4.69) is 4.98 Å². The predicted molar refractivity (Wildman–Crippen MR) is 128 cm³/mol. The zero-order valence-electron chi connectivity index (χ0n) is 19.2. The summed E-state index contributed by atoms with van der Waals surface area (Å²) in [6.07, 6.45) is 0.858. The molecular formula is C27H24F3N3O2. The third-order valence-electron chi connectivity index (χ3n) is 6.48. The highest BCUT2D eigenvalue weighted by Gasteiger charge is 2.35. The molecule has 0 unspecified atom stereocenters. The number of nitrogens with two attached hydrogens (primary N) is 1. The van der Waals surface area contributed by atoms with E-state index in [9.17, 15) is 18.0 Å². The van der Waals surface area contributed by atoms with E-state index in [0.29, 0.717) is 16.9 Å². The number of aryl methyl sites for hydroxylation is 1. The quantitative estimate of drug-likeness (QED) is 0.368. The van der Waals surface area contributed by atoms with Crippen LogP contribution in [0.3, 0.4) is 0 Å². The molecule has 35 heavy (non-hydrogen) atoms. The minimum atomic E-state index is -2.70. The molecule has 2 N–H and O–H groups in total. The SMILES string of the molecule is Cc1cc(F)ncc1-c1cc(-c2ccc(C(=O)N3CCC(F)(F)CC3)cc2)cc2cc(CN)oc12. The van der Waals surface area contributed by atoms with Crippen LogP contribution < -0.4 is 5.73 Å². The van der Waals surface area contributed by atoms with E-state index in [0.717, 1.165) is 33.2 Å². The normalized spacial score (nSPS) is 15.5. The van der Waals surface area contributed by atoms with Crippen molar-refractivity contribution in [2.45, 2.75) is 32.2 Å². The van der Waals surface area contributed by atoms with Crippen molar-refractivity contribution in [2.75, 3.05) is 13.1 Å². The standard InChI is InChI=1S/C27H24F3N3O2/c1-16-10-24(28)32-15-23(16)22-13-19(11-20-12-21(14-31)35-25(20)22)17-2-4-18(5-3-17)26(34)33-8-6-27(29,30)7-9-33/h2-5,10-13,15H,6-9,14,31H2,1H3. The number of fused-ring (bicyclic) bond motifs is 1. The van der Waals surface area contributed by atoms with Crippen LogP contribution >= 0.6 is 0 Å². The summed E-state index contributed by atoms with van der Waals surface area (Å²) in [6.45, 7) is 2.14. The van der Waals surface area contributed by atoms with Crippen molar-refractivity contribution in [2.24, 2.45) is 5.73 Å². The number of carbonyl (C=O) groups excluding carboxylic acids is 1. The summed E-state index contributed by atoms with van der Waals surface area (Å²) < 4.78 is 46.5. The summed E-state index contributed by atoms with van der Waals surface area (Å²) in [6, 6.07) is 14.2. The topological polar surface area (TPSA) is 72.4 Å². The van der Waals surface area contributed by atoms with Gasteiger partial charge in [-0.3, -0.25) is 4.79 Å². The van der Waals surface area contributed by atoms with Crippen LogP contribution in [0.5, 0.6) is 0 Å². The summed E-state index contributed by atoms with van der Waals surface area (Å²) >= 11 is 0. The third-order valence-corrected chi connectivity index (χ3v) is 6.48. The molecule has 8 heteroatoms. The first-order valence-electron chi connectivity index (χ1n) is 11.4. The molecule has 0 bridgehead atoms. The molecule has 0 aliphatic carbocycles.